The molecular weight excluding hydrogens is 321 g/mol. The van der Waals surface area contributed by atoms with Gasteiger partial charge in [-0.25, -0.2) is 9.36 Å². The zero-order valence-corrected chi connectivity index (χ0v) is 11.9. The number of carbonyl (C=O) groups is 2. The number of phosphoric ester groups is 1. The first-order chi connectivity index (χ1) is 10.3. The molecular formula is C11H14NO9P. The average Bonchev–Trinajstić information content (AvgIpc) is 2.75. The number of cyclic esters (lactones) is 1. The lowest BCUT2D eigenvalue weighted by molar-refractivity contribution is -0.151. The van der Waals surface area contributed by atoms with Gasteiger partial charge in [0.2, 0.25) is 11.9 Å². The Morgan fingerprint density at radius 1 is 1.27 bits per heavy atom. The van der Waals surface area contributed by atoms with Crippen molar-refractivity contribution >= 4 is 19.6 Å². The lowest BCUT2D eigenvalue weighted by atomic mass is 10.1. The van der Waals surface area contributed by atoms with E-state index in [1.165, 1.54) is 0 Å². The Morgan fingerprint density at radius 3 is 2.23 bits per heavy atom. The van der Waals surface area contributed by atoms with Gasteiger partial charge in [0, 0.05) is 12.4 Å². The molecule has 1 saturated heterocycles. The number of rotatable bonds is 4. The summed E-state index contributed by atoms with van der Waals surface area (Å²) in [5, 5.41) is 17.6. The lowest BCUT2D eigenvalue weighted by Crippen LogP contribution is -2.37. The van der Waals surface area contributed by atoms with Gasteiger partial charge in [-0.2, -0.15) is 0 Å². The van der Waals surface area contributed by atoms with Crippen LogP contribution in [0.1, 0.15) is 0 Å². The second kappa shape index (κ2) is 8.08. The predicted molar refractivity (Wildman–Crippen MR) is 69.1 cm³/mol. The normalized spacial score (nSPS) is 22.5. The summed E-state index contributed by atoms with van der Waals surface area (Å²) in [5.41, 5.74) is 0. The predicted octanol–water partition coefficient (Wildman–Crippen LogP) is -1.61. The molecule has 0 amide bonds. The molecule has 0 saturated carbocycles. The molecule has 0 spiro atoms. The Kier molecular flexibility index (Phi) is 6.75. The number of aliphatic hydroxyl groups excluding tert-OH is 2. The SMILES string of the molecule is O=C1O[C@H]([C@H](O)CO)C(=O)C1OP(=O)(O)O.c1ccncc1. The molecule has 1 unspecified atom stereocenters. The molecule has 1 aliphatic rings. The molecule has 122 valence electrons. The largest absolute Gasteiger partial charge is 0.470 e. The number of aliphatic hydroxyl groups is 2. The number of pyridine rings is 1. The Morgan fingerprint density at radius 2 is 1.86 bits per heavy atom. The van der Waals surface area contributed by atoms with Crippen LogP contribution in [0.2, 0.25) is 0 Å². The van der Waals surface area contributed by atoms with Crippen molar-refractivity contribution in [1.29, 1.82) is 0 Å². The van der Waals surface area contributed by atoms with E-state index in [1.807, 2.05) is 18.2 Å². The highest BCUT2D eigenvalue weighted by Crippen LogP contribution is 2.39. The van der Waals surface area contributed by atoms with Gasteiger partial charge in [0.25, 0.3) is 0 Å². The molecule has 1 fully saturated rings. The lowest BCUT2D eigenvalue weighted by Gasteiger charge is -2.12. The Labute approximate surface area is 124 Å². The van der Waals surface area contributed by atoms with Crippen molar-refractivity contribution < 1.29 is 43.4 Å². The first kappa shape index (κ1) is 18.4. The number of esters is 1. The fourth-order valence-corrected chi connectivity index (χ4v) is 1.88. The fraction of sp³-hybridized carbons (Fsp3) is 0.364. The number of ether oxygens (including phenoxy) is 1. The maximum absolute atomic E-state index is 11.3. The number of hydrogen-bond donors (Lipinski definition) is 4. The fourth-order valence-electron chi connectivity index (χ4n) is 1.42. The first-order valence-corrected chi connectivity index (χ1v) is 7.41. The van der Waals surface area contributed by atoms with E-state index in [2.05, 4.69) is 14.2 Å². The quantitative estimate of drug-likeness (QED) is 0.286. The van der Waals surface area contributed by atoms with Crippen LogP contribution in [0.15, 0.2) is 30.6 Å². The van der Waals surface area contributed by atoms with Crippen LogP contribution in [0.25, 0.3) is 0 Å². The van der Waals surface area contributed by atoms with E-state index >= 15 is 0 Å². The molecule has 0 radical (unpaired) electrons. The third-order valence-corrected chi connectivity index (χ3v) is 2.83. The van der Waals surface area contributed by atoms with Gasteiger partial charge in [-0.3, -0.25) is 14.3 Å². The van der Waals surface area contributed by atoms with Crippen LogP contribution in [0.4, 0.5) is 0 Å². The van der Waals surface area contributed by atoms with Crippen LogP contribution in [-0.2, 0) is 23.4 Å². The third-order valence-electron chi connectivity index (χ3n) is 2.34. The summed E-state index contributed by atoms with van der Waals surface area (Å²) in [6, 6.07) is 5.72. The minimum Gasteiger partial charge on any atom is -0.449 e. The molecule has 3 atom stereocenters. The van der Waals surface area contributed by atoms with Crippen molar-refractivity contribution in [3.8, 4) is 0 Å². The molecule has 2 rings (SSSR count). The summed E-state index contributed by atoms with van der Waals surface area (Å²) < 4.78 is 18.6. The maximum Gasteiger partial charge on any atom is 0.470 e. The second-order valence-corrected chi connectivity index (χ2v) is 5.20. The Balaban J connectivity index is 0.000000335. The third kappa shape index (κ3) is 5.60. The number of hydrogen-bond acceptors (Lipinski definition) is 8. The molecule has 0 bridgehead atoms. The monoisotopic (exact) mass is 335 g/mol. The highest BCUT2D eigenvalue weighted by molar-refractivity contribution is 7.46. The summed E-state index contributed by atoms with van der Waals surface area (Å²) in [6.45, 7) is -0.841. The molecule has 0 aromatic carbocycles. The Bertz CT molecular complexity index is 519. The first-order valence-electron chi connectivity index (χ1n) is 5.88. The van der Waals surface area contributed by atoms with E-state index in [4.69, 9.17) is 20.0 Å². The maximum atomic E-state index is 11.3. The summed E-state index contributed by atoms with van der Waals surface area (Å²) >= 11 is 0. The van der Waals surface area contributed by atoms with Gasteiger partial charge in [0.15, 0.2) is 6.10 Å². The zero-order chi connectivity index (χ0) is 16.8. The van der Waals surface area contributed by atoms with Crippen molar-refractivity contribution in [3.05, 3.63) is 30.6 Å². The van der Waals surface area contributed by atoms with E-state index in [0.717, 1.165) is 0 Å². The van der Waals surface area contributed by atoms with Crippen LogP contribution < -0.4 is 0 Å². The number of ketones is 1. The van der Waals surface area contributed by atoms with Crippen LogP contribution in [-0.4, -0.2) is 61.7 Å². The number of nitrogens with zero attached hydrogens (tertiary/aromatic N) is 1. The highest BCUT2D eigenvalue weighted by atomic mass is 31.2. The molecule has 4 N–H and O–H groups in total. The van der Waals surface area contributed by atoms with E-state index < -0.39 is 44.5 Å². The second-order valence-electron chi connectivity index (χ2n) is 4.01. The summed E-state index contributed by atoms with van der Waals surface area (Å²) in [6.07, 6.45) is -1.90. The molecule has 11 heteroatoms. The molecule has 1 aromatic heterocycles. The molecule has 2 heterocycles. The van der Waals surface area contributed by atoms with Gasteiger partial charge in [-0.05, 0) is 12.1 Å². The van der Waals surface area contributed by atoms with Gasteiger partial charge in [0.1, 0.15) is 6.10 Å². The van der Waals surface area contributed by atoms with Gasteiger partial charge in [-0.15, -0.1) is 0 Å². The van der Waals surface area contributed by atoms with E-state index in [-0.39, 0.29) is 0 Å². The van der Waals surface area contributed by atoms with Gasteiger partial charge < -0.3 is 24.7 Å². The zero-order valence-electron chi connectivity index (χ0n) is 11.1. The van der Waals surface area contributed by atoms with Gasteiger partial charge in [0.05, 0.1) is 6.61 Å². The van der Waals surface area contributed by atoms with Crippen molar-refractivity contribution in [1.82, 2.24) is 4.98 Å². The topological polar surface area (TPSA) is 163 Å². The minimum absolute atomic E-state index is 0.841. The van der Waals surface area contributed by atoms with E-state index in [9.17, 15) is 14.2 Å². The van der Waals surface area contributed by atoms with Crippen molar-refractivity contribution in [2.45, 2.75) is 18.3 Å². The molecule has 10 nitrogen and oxygen atoms in total. The number of Topliss-reactive ketones (excluding diaryl/α,β-unsaturated/α-hetero) is 1. The van der Waals surface area contributed by atoms with Gasteiger partial charge >= 0.3 is 13.8 Å². The molecule has 1 aromatic rings. The molecule has 22 heavy (non-hydrogen) atoms. The standard InChI is InChI=1S/C6H9O9P.C5H5N/c7-1-2(8)4-3(9)5(6(10)14-4)15-16(11,12)13;1-2-4-6-5-3-1/h2,4-5,7-8H,1H2,(H2,11,12,13);1-5H/t2-,4-,5?;/m1./s1. The molecule has 0 aliphatic carbocycles. The van der Waals surface area contributed by atoms with Crippen LogP contribution >= 0.6 is 7.82 Å². The molecule has 1 aliphatic heterocycles. The summed E-state index contributed by atoms with van der Waals surface area (Å²) in [5.74, 6) is -2.46. The smallest absolute Gasteiger partial charge is 0.449 e. The summed E-state index contributed by atoms with van der Waals surface area (Å²) in [4.78, 5) is 42.9. The van der Waals surface area contributed by atoms with Crippen molar-refractivity contribution in [3.63, 3.8) is 0 Å². The van der Waals surface area contributed by atoms with Crippen LogP contribution in [0.3, 0.4) is 0 Å². The van der Waals surface area contributed by atoms with E-state index in [1.54, 1.807) is 12.4 Å². The number of carbonyl (C=O) groups excluding carboxylic acids is 2. The van der Waals surface area contributed by atoms with Gasteiger partial charge in [-0.1, -0.05) is 6.07 Å². The highest BCUT2D eigenvalue weighted by Gasteiger charge is 2.50. The average molecular weight is 335 g/mol. The van der Waals surface area contributed by atoms with Crippen LogP contribution in [0.5, 0.6) is 0 Å². The minimum atomic E-state index is -5.02. The van der Waals surface area contributed by atoms with Crippen molar-refractivity contribution in [2.24, 2.45) is 0 Å². The van der Waals surface area contributed by atoms with Crippen molar-refractivity contribution in [2.75, 3.05) is 6.61 Å². The van der Waals surface area contributed by atoms with Crippen LogP contribution in [0, 0.1) is 0 Å². The van der Waals surface area contributed by atoms with E-state index in [0.29, 0.717) is 0 Å². The number of aromatic nitrogens is 1. The Hall–Kier alpha value is -1.68. The summed E-state index contributed by atoms with van der Waals surface area (Å²) in [7, 11) is -5.02. The number of phosphoric acid groups is 1.